The first-order valence-electron chi connectivity index (χ1n) is 8.12. The third-order valence-electron chi connectivity index (χ3n) is 3.99. The number of nitrogens with zero attached hydrogens (tertiary/aromatic N) is 2. The summed E-state index contributed by atoms with van der Waals surface area (Å²) in [7, 11) is 0. The average molecular weight is 317 g/mol. The number of benzene rings is 1. The van der Waals surface area contributed by atoms with Crippen molar-refractivity contribution in [3.63, 3.8) is 0 Å². The lowest BCUT2D eigenvalue weighted by molar-refractivity contribution is 0.0933. The van der Waals surface area contributed by atoms with Gasteiger partial charge in [-0.25, -0.2) is 9.07 Å². The van der Waals surface area contributed by atoms with Crippen LogP contribution in [0.25, 0.3) is 5.69 Å². The lowest BCUT2D eigenvalue weighted by Gasteiger charge is -2.16. The van der Waals surface area contributed by atoms with Gasteiger partial charge in [0.25, 0.3) is 5.91 Å². The van der Waals surface area contributed by atoms with E-state index in [2.05, 4.69) is 24.3 Å². The largest absolute Gasteiger partial charge is 0.349 e. The lowest BCUT2D eigenvalue weighted by atomic mass is 10.0. The standard InChI is InChI=1S/C18H24FN3O/c1-5-14(6-2)21-18(23)16-11-20-22(17(16)12(3)4)15-9-7-13(19)8-10-15/h7-12,14H,5-6H2,1-4H3,(H,21,23). The Hall–Kier alpha value is -2.17. The first-order valence-corrected chi connectivity index (χ1v) is 8.12. The van der Waals surface area contributed by atoms with Gasteiger partial charge in [0.1, 0.15) is 5.82 Å². The molecule has 0 aliphatic rings. The van der Waals surface area contributed by atoms with Crippen LogP contribution >= 0.6 is 0 Å². The zero-order chi connectivity index (χ0) is 17.0. The minimum Gasteiger partial charge on any atom is -0.349 e. The number of carbonyl (C=O) groups is 1. The highest BCUT2D eigenvalue weighted by atomic mass is 19.1. The maximum Gasteiger partial charge on any atom is 0.255 e. The molecule has 0 bridgehead atoms. The molecule has 1 aromatic heterocycles. The normalized spacial score (nSPS) is 11.3. The van der Waals surface area contributed by atoms with E-state index in [0.717, 1.165) is 24.2 Å². The predicted octanol–water partition coefficient (Wildman–Crippen LogP) is 4.05. The van der Waals surface area contributed by atoms with Crippen molar-refractivity contribution in [3.8, 4) is 5.69 Å². The Bertz CT molecular complexity index is 657. The second-order valence-corrected chi connectivity index (χ2v) is 5.97. The molecule has 2 rings (SSSR count). The minimum atomic E-state index is -0.293. The van der Waals surface area contributed by atoms with Gasteiger partial charge in [0.15, 0.2) is 0 Å². The lowest BCUT2D eigenvalue weighted by Crippen LogP contribution is -2.34. The highest BCUT2D eigenvalue weighted by Crippen LogP contribution is 2.23. The molecule has 0 saturated heterocycles. The Morgan fingerprint density at radius 3 is 2.35 bits per heavy atom. The minimum absolute atomic E-state index is 0.101. The number of carbonyl (C=O) groups excluding carboxylic acids is 1. The summed E-state index contributed by atoms with van der Waals surface area (Å²) in [5.74, 6) is -0.278. The predicted molar refractivity (Wildman–Crippen MR) is 89.4 cm³/mol. The summed E-state index contributed by atoms with van der Waals surface area (Å²) in [6, 6.07) is 6.28. The number of nitrogens with one attached hydrogen (secondary N) is 1. The highest BCUT2D eigenvalue weighted by molar-refractivity contribution is 5.95. The second-order valence-electron chi connectivity index (χ2n) is 5.97. The fourth-order valence-electron chi connectivity index (χ4n) is 2.63. The molecule has 4 nitrogen and oxygen atoms in total. The molecular weight excluding hydrogens is 293 g/mol. The van der Waals surface area contributed by atoms with Gasteiger partial charge in [-0.2, -0.15) is 5.10 Å². The number of amides is 1. The van der Waals surface area contributed by atoms with Crippen molar-refractivity contribution in [2.75, 3.05) is 0 Å². The first-order chi connectivity index (χ1) is 11.0. The van der Waals surface area contributed by atoms with Gasteiger partial charge in [-0.15, -0.1) is 0 Å². The second kappa shape index (κ2) is 7.40. The number of hydrogen-bond donors (Lipinski definition) is 1. The molecule has 2 aromatic rings. The average Bonchev–Trinajstić information content (AvgIpc) is 2.98. The van der Waals surface area contributed by atoms with Crippen LogP contribution in [0.3, 0.4) is 0 Å². The Morgan fingerprint density at radius 1 is 1.22 bits per heavy atom. The SMILES string of the molecule is CCC(CC)NC(=O)c1cnn(-c2ccc(F)cc2)c1C(C)C. The Labute approximate surface area is 136 Å². The summed E-state index contributed by atoms with van der Waals surface area (Å²) < 4.78 is 14.8. The van der Waals surface area contributed by atoms with E-state index in [1.807, 2.05) is 13.8 Å². The zero-order valence-corrected chi connectivity index (χ0v) is 14.1. The third kappa shape index (κ3) is 3.78. The summed E-state index contributed by atoms with van der Waals surface area (Å²) in [4.78, 5) is 12.6. The van der Waals surface area contributed by atoms with E-state index in [4.69, 9.17) is 0 Å². The first kappa shape index (κ1) is 17.2. The molecule has 5 heteroatoms. The van der Waals surface area contributed by atoms with Crippen LogP contribution in [0.5, 0.6) is 0 Å². The molecule has 1 heterocycles. The van der Waals surface area contributed by atoms with Gasteiger partial charge >= 0.3 is 0 Å². The van der Waals surface area contributed by atoms with Crippen molar-refractivity contribution in [2.24, 2.45) is 0 Å². The molecule has 0 unspecified atom stereocenters. The summed E-state index contributed by atoms with van der Waals surface area (Å²) in [5.41, 5.74) is 2.16. The molecule has 1 aromatic carbocycles. The van der Waals surface area contributed by atoms with Crippen LogP contribution < -0.4 is 5.32 Å². The molecular formula is C18H24FN3O. The maximum atomic E-state index is 13.1. The Morgan fingerprint density at radius 2 is 1.83 bits per heavy atom. The van der Waals surface area contributed by atoms with Gasteiger partial charge in [0.05, 0.1) is 23.1 Å². The number of aromatic nitrogens is 2. The molecule has 0 spiro atoms. The van der Waals surface area contributed by atoms with Crippen LogP contribution in [-0.4, -0.2) is 21.7 Å². The number of halogens is 1. The van der Waals surface area contributed by atoms with Crippen LogP contribution in [0.4, 0.5) is 4.39 Å². The van der Waals surface area contributed by atoms with Gasteiger partial charge < -0.3 is 5.32 Å². The molecule has 0 radical (unpaired) electrons. The molecule has 0 aliphatic heterocycles. The van der Waals surface area contributed by atoms with E-state index >= 15 is 0 Å². The molecule has 0 aliphatic carbocycles. The molecule has 0 fully saturated rings. The Kier molecular flexibility index (Phi) is 5.53. The van der Waals surface area contributed by atoms with E-state index in [1.165, 1.54) is 12.1 Å². The van der Waals surface area contributed by atoms with Gasteiger partial charge in [-0.1, -0.05) is 27.7 Å². The van der Waals surface area contributed by atoms with Crippen LogP contribution in [-0.2, 0) is 0 Å². The molecule has 0 saturated carbocycles. The van der Waals surface area contributed by atoms with Gasteiger partial charge in [0.2, 0.25) is 0 Å². The van der Waals surface area contributed by atoms with Gasteiger partial charge in [0, 0.05) is 6.04 Å². The molecule has 124 valence electrons. The number of rotatable bonds is 6. The summed E-state index contributed by atoms with van der Waals surface area (Å²) >= 11 is 0. The van der Waals surface area contributed by atoms with E-state index in [9.17, 15) is 9.18 Å². The van der Waals surface area contributed by atoms with Crippen molar-refractivity contribution in [1.82, 2.24) is 15.1 Å². The van der Waals surface area contributed by atoms with E-state index < -0.39 is 0 Å². The van der Waals surface area contributed by atoms with Crippen LogP contribution in [0.15, 0.2) is 30.5 Å². The Balaban J connectivity index is 2.38. The maximum absolute atomic E-state index is 13.1. The van der Waals surface area contributed by atoms with Crippen molar-refractivity contribution in [1.29, 1.82) is 0 Å². The van der Waals surface area contributed by atoms with Crippen LogP contribution in [0.2, 0.25) is 0 Å². The van der Waals surface area contributed by atoms with Crippen molar-refractivity contribution in [3.05, 3.63) is 47.5 Å². The molecule has 0 atom stereocenters. The molecule has 1 N–H and O–H groups in total. The topological polar surface area (TPSA) is 46.9 Å². The molecule has 23 heavy (non-hydrogen) atoms. The fraction of sp³-hybridized carbons (Fsp3) is 0.444. The third-order valence-corrected chi connectivity index (χ3v) is 3.99. The highest BCUT2D eigenvalue weighted by Gasteiger charge is 2.22. The molecule has 1 amide bonds. The van der Waals surface area contributed by atoms with Crippen LogP contribution in [0.1, 0.15) is 62.5 Å². The zero-order valence-electron chi connectivity index (χ0n) is 14.1. The summed E-state index contributed by atoms with van der Waals surface area (Å²) in [6.07, 6.45) is 3.38. The van der Waals surface area contributed by atoms with Crippen molar-refractivity contribution >= 4 is 5.91 Å². The summed E-state index contributed by atoms with van der Waals surface area (Å²) in [6.45, 7) is 8.15. The van der Waals surface area contributed by atoms with Gasteiger partial charge in [-0.05, 0) is 43.0 Å². The smallest absolute Gasteiger partial charge is 0.255 e. The summed E-state index contributed by atoms with van der Waals surface area (Å²) in [5, 5.41) is 7.40. The van der Waals surface area contributed by atoms with E-state index in [-0.39, 0.29) is 23.7 Å². The van der Waals surface area contributed by atoms with E-state index in [1.54, 1.807) is 23.0 Å². The van der Waals surface area contributed by atoms with Crippen molar-refractivity contribution < 1.29 is 9.18 Å². The quantitative estimate of drug-likeness (QED) is 0.873. The fourth-order valence-corrected chi connectivity index (χ4v) is 2.63. The van der Waals surface area contributed by atoms with Gasteiger partial charge in [-0.3, -0.25) is 4.79 Å². The van der Waals surface area contributed by atoms with Crippen LogP contribution in [0, 0.1) is 5.82 Å². The van der Waals surface area contributed by atoms with Crippen molar-refractivity contribution in [2.45, 2.75) is 52.5 Å². The monoisotopic (exact) mass is 317 g/mol. The number of hydrogen-bond acceptors (Lipinski definition) is 2. The van der Waals surface area contributed by atoms with E-state index in [0.29, 0.717) is 5.56 Å².